The molecule has 94 valence electrons. The highest BCUT2D eigenvalue weighted by Crippen LogP contribution is 2.32. The average Bonchev–Trinajstić information content (AvgIpc) is 2.31. The zero-order valence-electron chi connectivity index (χ0n) is 11.3. The summed E-state index contributed by atoms with van der Waals surface area (Å²) in [6, 6.07) is 0. The average molecular weight is 224 g/mol. The summed E-state index contributed by atoms with van der Waals surface area (Å²) in [5, 5.41) is 0. The van der Waals surface area contributed by atoms with Gasteiger partial charge >= 0.3 is 0 Å². The summed E-state index contributed by atoms with van der Waals surface area (Å²) in [4.78, 5) is 0. The molecule has 0 bridgehead atoms. The monoisotopic (exact) mass is 224 g/mol. The van der Waals surface area contributed by atoms with Gasteiger partial charge in [-0.15, -0.1) is 0 Å². The van der Waals surface area contributed by atoms with E-state index in [1.807, 2.05) is 0 Å². The van der Waals surface area contributed by atoms with E-state index in [0.717, 1.165) is 19.1 Å². The van der Waals surface area contributed by atoms with E-state index in [2.05, 4.69) is 20.8 Å². The van der Waals surface area contributed by atoms with E-state index in [0.29, 0.717) is 0 Å². The van der Waals surface area contributed by atoms with Crippen LogP contribution in [0.2, 0.25) is 0 Å². The van der Waals surface area contributed by atoms with Crippen LogP contribution < -0.4 is 0 Å². The largest absolute Gasteiger partial charge is 0.381 e. The van der Waals surface area contributed by atoms with Crippen molar-refractivity contribution in [2.24, 2.45) is 5.92 Å². The first-order chi connectivity index (χ1) is 7.77. The maximum absolute atomic E-state index is 5.66. The van der Waals surface area contributed by atoms with E-state index in [4.69, 9.17) is 4.74 Å². The second-order valence-corrected chi connectivity index (χ2v) is 5.10. The topological polar surface area (TPSA) is 9.23 Å². The van der Waals surface area contributed by atoms with Crippen molar-refractivity contribution >= 4 is 0 Å². The van der Waals surface area contributed by atoms with Gasteiger partial charge in [0.05, 0.1) is 0 Å². The van der Waals surface area contributed by atoms with Crippen LogP contribution in [0, 0.1) is 5.92 Å². The Morgan fingerprint density at radius 1 is 1.25 bits per heavy atom. The third kappa shape index (κ3) is 4.69. The van der Waals surface area contributed by atoms with Crippen molar-refractivity contribution in [1.29, 1.82) is 0 Å². The van der Waals surface area contributed by atoms with Crippen LogP contribution in [-0.4, -0.2) is 13.2 Å². The lowest BCUT2D eigenvalue weighted by molar-refractivity contribution is 0.115. The molecular formula is C15H28O. The van der Waals surface area contributed by atoms with Crippen LogP contribution in [0.25, 0.3) is 0 Å². The maximum Gasteiger partial charge on any atom is 0.0468 e. The van der Waals surface area contributed by atoms with Gasteiger partial charge in [-0.05, 0) is 51.4 Å². The fourth-order valence-electron chi connectivity index (χ4n) is 2.51. The fraction of sp³-hybridized carbons (Fsp3) is 0.867. The van der Waals surface area contributed by atoms with Gasteiger partial charge in [-0.1, -0.05) is 31.4 Å². The number of ether oxygens (including phenoxy) is 1. The Balaban J connectivity index is 2.15. The van der Waals surface area contributed by atoms with Crippen LogP contribution in [0.15, 0.2) is 11.1 Å². The minimum Gasteiger partial charge on any atom is -0.381 e. The van der Waals surface area contributed by atoms with Gasteiger partial charge in [0, 0.05) is 13.2 Å². The van der Waals surface area contributed by atoms with E-state index in [1.165, 1.54) is 44.9 Å². The first-order valence-corrected chi connectivity index (χ1v) is 7.03. The Kier molecular flexibility index (Phi) is 6.79. The molecule has 0 amide bonds. The summed E-state index contributed by atoms with van der Waals surface area (Å²) < 4.78 is 5.66. The van der Waals surface area contributed by atoms with Gasteiger partial charge in [-0.25, -0.2) is 0 Å². The van der Waals surface area contributed by atoms with Crippen molar-refractivity contribution < 1.29 is 4.74 Å². The minimum atomic E-state index is 0.889. The van der Waals surface area contributed by atoms with Crippen LogP contribution in [-0.2, 0) is 4.74 Å². The van der Waals surface area contributed by atoms with Crippen LogP contribution in [0.3, 0.4) is 0 Å². The zero-order chi connectivity index (χ0) is 11.8. The molecular weight excluding hydrogens is 196 g/mol. The van der Waals surface area contributed by atoms with Gasteiger partial charge in [0.25, 0.3) is 0 Å². The maximum atomic E-state index is 5.66. The summed E-state index contributed by atoms with van der Waals surface area (Å²) in [6.07, 6.45) is 9.00. The number of allylic oxidation sites excluding steroid dienone is 2. The Morgan fingerprint density at radius 2 is 2.06 bits per heavy atom. The van der Waals surface area contributed by atoms with Gasteiger partial charge < -0.3 is 4.74 Å². The lowest BCUT2D eigenvalue weighted by Crippen LogP contribution is -2.12. The van der Waals surface area contributed by atoms with Crippen molar-refractivity contribution in [3.63, 3.8) is 0 Å². The summed E-state index contributed by atoms with van der Waals surface area (Å²) in [5.74, 6) is 0.889. The molecule has 16 heavy (non-hydrogen) atoms. The van der Waals surface area contributed by atoms with Crippen LogP contribution in [0.1, 0.15) is 65.7 Å². The van der Waals surface area contributed by atoms with Crippen molar-refractivity contribution in [3.05, 3.63) is 11.1 Å². The Labute approximate surface area is 101 Å². The molecule has 1 rings (SSSR count). The van der Waals surface area contributed by atoms with Crippen LogP contribution in [0.5, 0.6) is 0 Å². The molecule has 0 aromatic heterocycles. The Morgan fingerprint density at radius 3 is 2.75 bits per heavy atom. The first-order valence-electron chi connectivity index (χ1n) is 7.03. The van der Waals surface area contributed by atoms with Gasteiger partial charge in [-0.2, -0.15) is 0 Å². The number of hydrogen-bond acceptors (Lipinski definition) is 1. The quantitative estimate of drug-likeness (QED) is 0.449. The van der Waals surface area contributed by atoms with E-state index in [1.54, 1.807) is 11.1 Å². The molecule has 1 aliphatic carbocycles. The molecule has 0 saturated heterocycles. The zero-order valence-corrected chi connectivity index (χ0v) is 11.3. The lowest BCUT2D eigenvalue weighted by atomic mass is 9.82. The van der Waals surface area contributed by atoms with E-state index < -0.39 is 0 Å². The molecule has 1 nitrogen and oxygen atoms in total. The SMILES string of the molecule is CCCCOCCC1CCC(C)=C(CC)C1. The van der Waals surface area contributed by atoms with Crippen molar-refractivity contribution in [3.8, 4) is 0 Å². The molecule has 1 atom stereocenters. The lowest BCUT2D eigenvalue weighted by Gasteiger charge is -2.25. The van der Waals surface area contributed by atoms with Gasteiger partial charge in [0.1, 0.15) is 0 Å². The third-order valence-electron chi connectivity index (χ3n) is 3.81. The summed E-state index contributed by atoms with van der Waals surface area (Å²) >= 11 is 0. The first kappa shape index (κ1) is 13.8. The highest BCUT2D eigenvalue weighted by Gasteiger charge is 2.17. The summed E-state index contributed by atoms with van der Waals surface area (Å²) in [5.41, 5.74) is 3.37. The molecule has 0 spiro atoms. The van der Waals surface area contributed by atoms with Crippen LogP contribution >= 0.6 is 0 Å². The minimum absolute atomic E-state index is 0.889. The molecule has 0 N–H and O–H groups in total. The smallest absolute Gasteiger partial charge is 0.0468 e. The Bertz CT molecular complexity index is 217. The highest BCUT2D eigenvalue weighted by molar-refractivity contribution is 5.15. The normalized spacial score (nSPS) is 21.6. The molecule has 0 saturated carbocycles. The van der Waals surface area contributed by atoms with Gasteiger partial charge in [0.15, 0.2) is 0 Å². The van der Waals surface area contributed by atoms with E-state index in [-0.39, 0.29) is 0 Å². The third-order valence-corrected chi connectivity index (χ3v) is 3.81. The number of rotatable bonds is 7. The number of unbranched alkanes of at least 4 members (excludes halogenated alkanes) is 1. The summed E-state index contributed by atoms with van der Waals surface area (Å²) in [6.45, 7) is 8.75. The van der Waals surface area contributed by atoms with E-state index >= 15 is 0 Å². The standard InChI is InChI=1S/C15H28O/c1-4-6-10-16-11-9-14-8-7-13(3)15(5-2)12-14/h14H,4-12H2,1-3H3. The van der Waals surface area contributed by atoms with Crippen LogP contribution in [0.4, 0.5) is 0 Å². The van der Waals surface area contributed by atoms with Gasteiger partial charge in [0.2, 0.25) is 0 Å². The summed E-state index contributed by atoms with van der Waals surface area (Å²) in [7, 11) is 0. The second kappa shape index (κ2) is 7.89. The molecule has 1 heteroatoms. The van der Waals surface area contributed by atoms with Crippen molar-refractivity contribution in [2.75, 3.05) is 13.2 Å². The predicted octanol–water partition coefficient (Wildman–Crippen LogP) is 4.72. The molecule has 1 aliphatic rings. The molecule has 0 radical (unpaired) electrons. The van der Waals surface area contributed by atoms with Gasteiger partial charge in [-0.3, -0.25) is 0 Å². The molecule has 1 unspecified atom stereocenters. The Hall–Kier alpha value is -0.300. The highest BCUT2D eigenvalue weighted by atomic mass is 16.5. The van der Waals surface area contributed by atoms with E-state index in [9.17, 15) is 0 Å². The second-order valence-electron chi connectivity index (χ2n) is 5.10. The molecule has 0 heterocycles. The molecule has 0 aromatic rings. The number of hydrogen-bond donors (Lipinski definition) is 0. The molecule has 0 fully saturated rings. The van der Waals surface area contributed by atoms with Crippen molar-refractivity contribution in [1.82, 2.24) is 0 Å². The fourth-order valence-corrected chi connectivity index (χ4v) is 2.51. The predicted molar refractivity (Wildman–Crippen MR) is 70.7 cm³/mol. The molecule has 0 aliphatic heterocycles. The van der Waals surface area contributed by atoms with Crippen molar-refractivity contribution in [2.45, 2.75) is 65.7 Å². The molecule has 0 aromatic carbocycles.